The molecule has 1 heterocycles. The molecule has 0 bridgehead atoms. The SMILES string of the molecule is O=C(CN1C(=O)S/C(=C\c2ccc(SCCO)c([N+](=O)[O-])c2)C1=O)Nc1ccc(Br)cc1. The first kappa shape index (κ1) is 24.0. The number of aliphatic hydroxyl groups excluding tert-OH is 1. The van der Waals surface area contributed by atoms with Crippen molar-refractivity contribution >= 4 is 74.0 Å². The fraction of sp³-hybridized carbons (Fsp3) is 0.150. The van der Waals surface area contributed by atoms with Gasteiger partial charge in [0.05, 0.1) is 21.3 Å². The lowest BCUT2D eigenvalue weighted by atomic mass is 10.2. The van der Waals surface area contributed by atoms with E-state index in [0.29, 0.717) is 33.7 Å². The van der Waals surface area contributed by atoms with Crippen molar-refractivity contribution < 1.29 is 24.4 Å². The zero-order valence-electron chi connectivity index (χ0n) is 16.3. The number of anilines is 1. The van der Waals surface area contributed by atoms with Crippen LogP contribution < -0.4 is 5.32 Å². The summed E-state index contributed by atoms with van der Waals surface area (Å²) in [7, 11) is 0. The van der Waals surface area contributed by atoms with Crippen molar-refractivity contribution in [2.45, 2.75) is 4.90 Å². The van der Waals surface area contributed by atoms with Gasteiger partial charge in [0.25, 0.3) is 16.8 Å². The minimum atomic E-state index is -0.646. The van der Waals surface area contributed by atoms with Crippen LogP contribution in [0.15, 0.2) is 56.7 Å². The average Bonchev–Trinajstić information content (AvgIpc) is 3.01. The Bertz CT molecular complexity index is 1110. The van der Waals surface area contributed by atoms with E-state index in [1.165, 1.54) is 18.2 Å². The van der Waals surface area contributed by atoms with Crippen molar-refractivity contribution in [2.75, 3.05) is 24.2 Å². The molecule has 0 radical (unpaired) electrons. The quantitative estimate of drug-likeness (QED) is 0.222. The van der Waals surface area contributed by atoms with Gasteiger partial charge >= 0.3 is 0 Å². The smallest absolute Gasteiger partial charge is 0.294 e. The number of rotatable bonds is 8. The summed E-state index contributed by atoms with van der Waals surface area (Å²) in [5.41, 5.74) is 0.729. The van der Waals surface area contributed by atoms with E-state index < -0.39 is 28.5 Å². The number of carbonyl (C=O) groups is 3. The molecule has 0 aliphatic carbocycles. The number of hydrogen-bond donors (Lipinski definition) is 2. The standard InChI is InChI=1S/C20H16BrN3O6S2/c21-13-2-4-14(5-3-13)22-18(26)11-23-19(27)17(32-20(23)28)10-12-1-6-16(31-8-7-25)15(9-12)24(29)30/h1-6,9-10,25H,7-8,11H2,(H,22,26)/b17-10-. The van der Waals surface area contributed by atoms with Crippen molar-refractivity contribution in [2.24, 2.45) is 0 Å². The molecule has 0 aromatic heterocycles. The molecule has 0 atom stereocenters. The van der Waals surface area contributed by atoms with Gasteiger partial charge in [-0.05, 0) is 53.7 Å². The molecular formula is C20H16BrN3O6S2. The summed E-state index contributed by atoms with van der Waals surface area (Å²) < 4.78 is 0.840. The predicted octanol–water partition coefficient (Wildman–Crippen LogP) is 4.12. The first-order valence-electron chi connectivity index (χ1n) is 9.11. The van der Waals surface area contributed by atoms with E-state index in [4.69, 9.17) is 5.11 Å². The first-order valence-corrected chi connectivity index (χ1v) is 11.7. The van der Waals surface area contributed by atoms with Gasteiger partial charge in [-0.15, -0.1) is 11.8 Å². The molecule has 9 nitrogen and oxygen atoms in total. The van der Waals surface area contributed by atoms with Gasteiger partial charge in [-0.3, -0.25) is 29.4 Å². The molecule has 2 N–H and O–H groups in total. The van der Waals surface area contributed by atoms with Gasteiger partial charge < -0.3 is 10.4 Å². The highest BCUT2D eigenvalue weighted by Crippen LogP contribution is 2.34. The number of aliphatic hydroxyl groups is 1. The minimum Gasteiger partial charge on any atom is -0.396 e. The summed E-state index contributed by atoms with van der Waals surface area (Å²) in [4.78, 5) is 49.3. The number of carbonyl (C=O) groups excluding carboxylic acids is 3. The summed E-state index contributed by atoms with van der Waals surface area (Å²) in [6.45, 7) is -0.568. The maximum Gasteiger partial charge on any atom is 0.294 e. The number of nitrogens with zero attached hydrogens (tertiary/aromatic N) is 2. The van der Waals surface area contributed by atoms with E-state index in [2.05, 4.69) is 21.2 Å². The summed E-state index contributed by atoms with van der Waals surface area (Å²) in [5, 5.41) is 22.3. The molecule has 1 aliphatic rings. The van der Waals surface area contributed by atoms with Crippen molar-refractivity contribution in [3.8, 4) is 0 Å². The number of nitro benzene ring substituents is 1. The zero-order chi connectivity index (χ0) is 23.3. The summed E-state index contributed by atoms with van der Waals surface area (Å²) in [6.07, 6.45) is 1.38. The number of amides is 3. The van der Waals surface area contributed by atoms with Crippen molar-refractivity contribution in [3.05, 3.63) is 67.5 Å². The highest BCUT2D eigenvalue weighted by molar-refractivity contribution is 9.10. The van der Waals surface area contributed by atoms with E-state index >= 15 is 0 Å². The number of nitro groups is 1. The van der Waals surface area contributed by atoms with E-state index in [1.807, 2.05) is 0 Å². The van der Waals surface area contributed by atoms with Crippen LogP contribution in [0.1, 0.15) is 5.56 Å². The van der Waals surface area contributed by atoms with E-state index in [9.17, 15) is 24.5 Å². The Labute approximate surface area is 199 Å². The second kappa shape index (κ2) is 10.8. The van der Waals surface area contributed by atoms with E-state index in [-0.39, 0.29) is 17.2 Å². The van der Waals surface area contributed by atoms with Crippen LogP contribution in [0.2, 0.25) is 0 Å². The predicted molar refractivity (Wildman–Crippen MR) is 126 cm³/mol. The van der Waals surface area contributed by atoms with Crippen molar-refractivity contribution in [3.63, 3.8) is 0 Å². The Kier molecular flexibility index (Phi) is 8.07. The van der Waals surface area contributed by atoms with Crippen LogP contribution in [-0.2, 0) is 9.59 Å². The largest absolute Gasteiger partial charge is 0.396 e. The molecule has 1 fully saturated rings. The highest BCUT2D eigenvalue weighted by Gasteiger charge is 2.36. The van der Waals surface area contributed by atoms with Crippen LogP contribution in [0.25, 0.3) is 6.08 Å². The van der Waals surface area contributed by atoms with E-state index in [0.717, 1.165) is 21.1 Å². The van der Waals surface area contributed by atoms with Crippen molar-refractivity contribution in [1.82, 2.24) is 4.90 Å². The third-order valence-electron chi connectivity index (χ3n) is 4.13. The molecule has 1 saturated heterocycles. The number of halogens is 1. The van der Waals surface area contributed by atoms with Gasteiger partial charge in [-0.25, -0.2) is 0 Å². The lowest BCUT2D eigenvalue weighted by Crippen LogP contribution is -2.36. The summed E-state index contributed by atoms with van der Waals surface area (Å²) in [6, 6.07) is 11.2. The van der Waals surface area contributed by atoms with Gasteiger partial charge in [-0.2, -0.15) is 0 Å². The van der Waals surface area contributed by atoms with Crippen LogP contribution in [0.3, 0.4) is 0 Å². The maximum absolute atomic E-state index is 12.6. The second-order valence-electron chi connectivity index (χ2n) is 6.38. The third-order valence-corrected chi connectivity index (χ3v) is 6.61. The van der Waals surface area contributed by atoms with Gasteiger partial charge in [0.15, 0.2) is 0 Å². The van der Waals surface area contributed by atoms with Gasteiger partial charge in [0.2, 0.25) is 5.91 Å². The monoisotopic (exact) mass is 537 g/mol. The summed E-state index contributed by atoms with van der Waals surface area (Å²) in [5.74, 6) is -0.870. The number of nitrogens with one attached hydrogen (secondary N) is 1. The second-order valence-corrected chi connectivity index (χ2v) is 9.42. The number of imide groups is 1. The molecule has 2 aromatic rings. The first-order chi connectivity index (χ1) is 15.3. The fourth-order valence-corrected chi connectivity index (χ4v) is 4.57. The number of benzene rings is 2. The minimum absolute atomic E-state index is 0.0662. The normalized spacial score (nSPS) is 14.8. The molecule has 0 spiro atoms. The third kappa shape index (κ3) is 5.97. The summed E-state index contributed by atoms with van der Waals surface area (Å²) >= 11 is 5.10. The topological polar surface area (TPSA) is 130 Å². The lowest BCUT2D eigenvalue weighted by Gasteiger charge is -2.12. The highest BCUT2D eigenvalue weighted by atomic mass is 79.9. The van der Waals surface area contributed by atoms with E-state index in [1.54, 1.807) is 30.3 Å². The van der Waals surface area contributed by atoms with Gasteiger partial charge in [0.1, 0.15) is 6.54 Å². The maximum atomic E-state index is 12.6. The fourth-order valence-electron chi connectivity index (χ4n) is 2.71. The van der Waals surface area contributed by atoms with Gasteiger partial charge in [-0.1, -0.05) is 22.0 Å². The molecule has 3 amide bonds. The van der Waals surface area contributed by atoms with Crippen LogP contribution in [0.5, 0.6) is 0 Å². The molecule has 3 rings (SSSR count). The van der Waals surface area contributed by atoms with Crippen molar-refractivity contribution in [1.29, 1.82) is 0 Å². The average molecular weight is 538 g/mol. The van der Waals surface area contributed by atoms with Crippen LogP contribution in [-0.4, -0.2) is 50.9 Å². The molecule has 166 valence electrons. The van der Waals surface area contributed by atoms with Crippen LogP contribution in [0.4, 0.5) is 16.2 Å². The molecule has 2 aromatic carbocycles. The molecular weight excluding hydrogens is 522 g/mol. The number of hydrogen-bond acceptors (Lipinski definition) is 8. The van der Waals surface area contributed by atoms with Crippen LogP contribution >= 0.6 is 39.5 Å². The Balaban J connectivity index is 1.73. The van der Waals surface area contributed by atoms with Crippen LogP contribution in [0, 0.1) is 10.1 Å². The molecule has 0 unspecified atom stereocenters. The molecule has 0 saturated carbocycles. The van der Waals surface area contributed by atoms with Gasteiger partial charge in [0, 0.05) is 22.0 Å². The Hall–Kier alpha value is -2.67. The Morgan fingerprint density at radius 2 is 1.97 bits per heavy atom. The number of thioether (sulfide) groups is 2. The molecule has 32 heavy (non-hydrogen) atoms. The zero-order valence-corrected chi connectivity index (χ0v) is 19.5. The Morgan fingerprint density at radius 3 is 2.62 bits per heavy atom. The lowest BCUT2D eigenvalue weighted by molar-refractivity contribution is -0.387. The molecule has 12 heteroatoms. The molecule has 1 aliphatic heterocycles. The Morgan fingerprint density at radius 1 is 1.25 bits per heavy atom.